The van der Waals surface area contributed by atoms with Crippen LogP contribution >= 0.6 is 0 Å². The fourth-order valence-electron chi connectivity index (χ4n) is 1.27. The highest BCUT2D eigenvalue weighted by Crippen LogP contribution is 2.22. The Bertz CT molecular complexity index is 491. The summed E-state index contributed by atoms with van der Waals surface area (Å²) < 4.78 is 0. The maximum absolute atomic E-state index is 11.4. The highest BCUT2D eigenvalue weighted by atomic mass is 16.3. The molecule has 0 bridgehead atoms. The predicted octanol–water partition coefficient (Wildman–Crippen LogP) is 1.14. The maximum Gasteiger partial charge on any atom is 0.275 e. The van der Waals surface area contributed by atoms with Crippen LogP contribution in [0.5, 0.6) is 5.75 Å². The molecule has 0 fully saturated rings. The van der Waals surface area contributed by atoms with E-state index < -0.39 is 5.56 Å². The molecule has 2 rings (SSSR count). The number of H-pyrrole nitrogens is 1. The molecule has 70 valence electrons. The number of benzene rings is 1. The maximum atomic E-state index is 11.4. The summed E-state index contributed by atoms with van der Waals surface area (Å²) in [6.45, 7) is 0. The van der Waals surface area contributed by atoms with E-state index in [0.717, 1.165) is 0 Å². The SMILES string of the molecule is O=c1[nH]ncc(O)c1-c1ccccc1. The topological polar surface area (TPSA) is 66.0 Å². The number of nitrogens with one attached hydrogen (secondary N) is 1. The highest BCUT2D eigenvalue weighted by Gasteiger charge is 2.07. The van der Waals surface area contributed by atoms with Crippen molar-refractivity contribution in [1.82, 2.24) is 10.2 Å². The molecular formula is C10H8N2O2. The van der Waals surface area contributed by atoms with Crippen LogP contribution in [0.3, 0.4) is 0 Å². The van der Waals surface area contributed by atoms with Crippen molar-refractivity contribution in [3.8, 4) is 16.9 Å². The number of rotatable bonds is 1. The van der Waals surface area contributed by atoms with Crippen molar-refractivity contribution in [2.45, 2.75) is 0 Å². The molecule has 0 spiro atoms. The van der Waals surface area contributed by atoms with E-state index in [1.807, 2.05) is 6.07 Å². The van der Waals surface area contributed by atoms with Crippen molar-refractivity contribution in [3.63, 3.8) is 0 Å². The minimum atomic E-state index is -0.392. The second kappa shape index (κ2) is 3.33. The fourth-order valence-corrected chi connectivity index (χ4v) is 1.27. The molecule has 0 atom stereocenters. The molecule has 2 N–H and O–H groups in total. The first-order chi connectivity index (χ1) is 6.79. The Morgan fingerprint density at radius 1 is 1.21 bits per heavy atom. The predicted molar refractivity (Wildman–Crippen MR) is 52.0 cm³/mol. The summed E-state index contributed by atoms with van der Waals surface area (Å²) in [5.41, 5.74) is 0.533. The third kappa shape index (κ3) is 1.37. The minimum absolute atomic E-state index is 0.111. The van der Waals surface area contributed by atoms with Crippen LogP contribution in [-0.2, 0) is 0 Å². The molecule has 0 aliphatic rings. The highest BCUT2D eigenvalue weighted by molar-refractivity contribution is 5.67. The van der Waals surface area contributed by atoms with Crippen LogP contribution in [0, 0.1) is 0 Å². The van der Waals surface area contributed by atoms with Gasteiger partial charge in [-0.3, -0.25) is 4.79 Å². The van der Waals surface area contributed by atoms with Gasteiger partial charge in [-0.1, -0.05) is 30.3 Å². The Labute approximate surface area is 79.9 Å². The Morgan fingerprint density at radius 3 is 2.57 bits per heavy atom. The average molecular weight is 188 g/mol. The number of hydrogen-bond acceptors (Lipinski definition) is 3. The fraction of sp³-hybridized carbons (Fsp3) is 0. The number of nitrogens with zero attached hydrogens (tertiary/aromatic N) is 1. The lowest BCUT2D eigenvalue weighted by Crippen LogP contribution is -2.09. The molecule has 2 aromatic rings. The lowest BCUT2D eigenvalue weighted by molar-refractivity contribution is 0.472. The van der Waals surface area contributed by atoms with E-state index in [4.69, 9.17) is 0 Å². The molecule has 14 heavy (non-hydrogen) atoms. The second-order valence-corrected chi connectivity index (χ2v) is 2.83. The molecule has 0 unspecified atom stereocenters. The lowest BCUT2D eigenvalue weighted by atomic mass is 10.1. The molecular weight excluding hydrogens is 180 g/mol. The van der Waals surface area contributed by atoms with Gasteiger partial charge in [0.25, 0.3) is 5.56 Å². The van der Waals surface area contributed by atoms with Gasteiger partial charge in [-0.05, 0) is 5.56 Å². The molecule has 0 saturated carbocycles. The van der Waals surface area contributed by atoms with E-state index in [-0.39, 0.29) is 11.3 Å². The zero-order valence-electron chi connectivity index (χ0n) is 7.27. The number of aromatic hydroxyl groups is 1. The summed E-state index contributed by atoms with van der Waals surface area (Å²) >= 11 is 0. The molecule has 0 saturated heterocycles. The zero-order valence-corrected chi connectivity index (χ0v) is 7.27. The molecule has 1 aromatic heterocycles. The van der Waals surface area contributed by atoms with Crippen LogP contribution in [-0.4, -0.2) is 15.3 Å². The largest absolute Gasteiger partial charge is 0.505 e. The van der Waals surface area contributed by atoms with Gasteiger partial charge in [-0.25, -0.2) is 5.10 Å². The summed E-state index contributed by atoms with van der Waals surface area (Å²) in [5.74, 6) is -0.111. The first-order valence-electron chi connectivity index (χ1n) is 4.11. The van der Waals surface area contributed by atoms with Gasteiger partial charge in [-0.15, -0.1) is 0 Å². The average Bonchev–Trinajstić information content (AvgIpc) is 2.19. The number of aromatic nitrogens is 2. The normalized spacial score (nSPS) is 10.0. The standard InChI is InChI=1S/C10H8N2O2/c13-8-6-11-12-10(14)9(8)7-4-2-1-3-5-7/h1-6H,(H2,12,13,14). The van der Waals surface area contributed by atoms with Gasteiger partial charge in [0.1, 0.15) is 5.75 Å². The van der Waals surface area contributed by atoms with Crippen LogP contribution in [0.15, 0.2) is 41.3 Å². The lowest BCUT2D eigenvalue weighted by Gasteiger charge is -2.01. The Balaban J connectivity index is 2.69. The van der Waals surface area contributed by atoms with Crippen LogP contribution in [0.4, 0.5) is 0 Å². The molecule has 0 aliphatic carbocycles. The summed E-state index contributed by atoms with van der Waals surface area (Å²) in [5, 5.41) is 15.2. The molecule has 0 amide bonds. The van der Waals surface area contributed by atoms with Crippen molar-refractivity contribution in [1.29, 1.82) is 0 Å². The van der Waals surface area contributed by atoms with Gasteiger partial charge in [-0.2, -0.15) is 5.10 Å². The quantitative estimate of drug-likeness (QED) is 0.705. The Hall–Kier alpha value is -2.10. The summed E-state index contributed by atoms with van der Waals surface area (Å²) in [4.78, 5) is 11.4. The van der Waals surface area contributed by atoms with Crippen LogP contribution in [0.2, 0.25) is 0 Å². The third-order valence-corrected chi connectivity index (χ3v) is 1.90. The van der Waals surface area contributed by atoms with E-state index in [2.05, 4.69) is 10.2 Å². The van der Waals surface area contributed by atoms with Crippen LogP contribution in [0.1, 0.15) is 0 Å². The van der Waals surface area contributed by atoms with E-state index >= 15 is 0 Å². The summed E-state index contributed by atoms with van der Waals surface area (Å²) in [6, 6.07) is 8.95. The first-order valence-corrected chi connectivity index (χ1v) is 4.11. The van der Waals surface area contributed by atoms with Crippen molar-refractivity contribution in [2.75, 3.05) is 0 Å². The first kappa shape index (κ1) is 8.50. The van der Waals surface area contributed by atoms with Crippen molar-refractivity contribution in [3.05, 3.63) is 46.9 Å². The van der Waals surface area contributed by atoms with Crippen LogP contribution < -0.4 is 5.56 Å². The summed E-state index contributed by atoms with van der Waals surface area (Å²) in [6.07, 6.45) is 1.21. The molecule has 1 aromatic carbocycles. The van der Waals surface area contributed by atoms with Crippen molar-refractivity contribution >= 4 is 0 Å². The molecule has 1 heterocycles. The molecule has 0 aliphatic heterocycles. The Morgan fingerprint density at radius 2 is 1.93 bits per heavy atom. The number of hydrogen-bond donors (Lipinski definition) is 2. The van der Waals surface area contributed by atoms with E-state index in [0.29, 0.717) is 5.56 Å². The smallest absolute Gasteiger partial charge is 0.275 e. The monoisotopic (exact) mass is 188 g/mol. The van der Waals surface area contributed by atoms with E-state index in [1.54, 1.807) is 24.3 Å². The van der Waals surface area contributed by atoms with E-state index in [1.165, 1.54) is 6.20 Å². The van der Waals surface area contributed by atoms with Crippen molar-refractivity contribution in [2.24, 2.45) is 0 Å². The van der Waals surface area contributed by atoms with E-state index in [9.17, 15) is 9.90 Å². The van der Waals surface area contributed by atoms with Crippen LogP contribution in [0.25, 0.3) is 11.1 Å². The second-order valence-electron chi connectivity index (χ2n) is 2.83. The molecule has 0 radical (unpaired) electrons. The Kier molecular flexibility index (Phi) is 2.02. The van der Waals surface area contributed by atoms with Gasteiger partial charge >= 0.3 is 0 Å². The zero-order chi connectivity index (χ0) is 9.97. The summed E-state index contributed by atoms with van der Waals surface area (Å²) in [7, 11) is 0. The molecule has 4 heteroatoms. The number of aromatic amines is 1. The van der Waals surface area contributed by atoms with Gasteiger partial charge in [0, 0.05) is 0 Å². The van der Waals surface area contributed by atoms with Gasteiger partial charge in [0.2, 0.25) is 0 Å². The third-order valence-electron chi connectivity index (χ3n) is 1.90. The van der Waals surface area contributed by atoms with Gasteiger partial charge < -0.3 is 5.11 Å². The van der Waals surface area contributed by atoms with Crippen molar-refractivity contribution < 1.29 is 5.11 Å². The van der Waals surface area contributed by atoms with Gasteiger partial charge in [0.15, 0.2) is 0 Å². The van der Waals surface area contributed by atoms with Gasteiger partial charge in [0.05, 0.1) is 11.8 Å². The molecule has 4 nitrogen and oxygen atoms in total. The minimum Gasteiger partial charge on any atom is -0.505 e.